The molecule has 4 nitrogen and oxygen atoms in total. The number of thiol groups is 1. The van der Waals surface area contributed by atoms with Crippen molar-refractivity contribution in [1.82, 2.24) is 8.96 Å². The minimum absolute atomic E-state index is 0.187. The molecule has 1 saturated carbocycles. The van der Waals surface area contributed by atoms with E-state index in [-0.39, 0.29) is 11.7 Å². The van der Waals surface area contributed by atoms with Crippen LogP contribution in [0.25, 0.3) is 0 Å². The molecule has 1 N–H and O–H groups in total. The summed E-state index contributed by atoms with van der Waals surface area (Å²) in [5.41, 5.74) is -0.733. The van der Waals surface area contributed by atoms with Crippen LogP contribution in [0.5, 0.6) is 0 Å². The van der Waals surface area contributed by atoms with Gasteiger partial charge in [-0.15, -0.1) is 0 Å². The monoisotopic (exact) mass is 349 g/mol. The van der Waals surface area contributed by atoms with Gasteiger partial charge in [0.2, 0.25) is 0 Å². The molecule has 130 valence electrons. The average molecular weight is 349 g/mol. The lowest BCUT2D eigenvalue weighted by Crippen LogP contribution is -2.30. The van der Waals surface area contributed by atoms with Gasteiger partial charge in [0.05, 0.1) is 6.20 Å². The Balaban J connectivity index is 1.73. The highest BCUT2D eigenvalue weighted by molar-refractivity contribution is 8.29. The van der Waals surface area contributed by atoms with Crippen molar-refractivity contribution in [3.05, 3.63) is 12.5 Å². The second-order valence-corrected chi connectivity index (χ2v) is 9.34. The van der Waals surface area contributed by atoms with Gasteiger partial charge < -0.3 is 5.11 Å². The Morgan fingerprint density at radius 3 is 2.65 bits per heavy atom. The molecule has 0 aromatic carbocycles. The van der Waals surface area contributed by atoms with Crippen LogP contribution in [0.2, 0.25) is 0 Å². The number of alkyl halides is 3. The molecule has 1 fully saturated rings. The van der Waals surface area contributed by atoms with Crippen LogP contribution < -0.4 is 0 Å². The molecule has 23 heavy (non-hydrogen) atoms. The fraction of sp³-hybridized carbons (Fsp3) is 0.733. The first kappa shape index (κ1) is 16.8. The molecule has 1 aliphatic carbocycles. The van der Waals surface area contributed by atoms with E-state index in [1.54, 1.807) is 0 Å². The second-order valence-electron chi connectivity index (χ2n) is 7.20. The summed E-state index contributed by atoms with van der Waals surface area (Å²) in [5.74, 6) is 0.467. The number of rotatable bonds is 3. The molecule has 2 unspecified atom stereocenters. The number of imidazole rings is 1. The van der Waals surface area contributed by atoms with Crippen LogP contribution >= 0.6 is 11.1 Å². The molecule has 2 atom stereocenters. The first-order chi connectivity index (χ1) is 10.7. The molecule has 0 radical (unpaired) electrons. The molecule has 3 rings (SSSR count). The van der Waals surface area contributed by atoms with E-state index in [4.69, 9.17) is 0 Å². The van der Waals surface area contributed by atoms with Crippen LogP contribution in [0.1, 0.15) is 46.0 Å². The second kappa shape index (κ2) is 5.81. The van der Waals surface area contributed by atoms with Crippen molar-refractivity contribution in [2.75, 3.05) is 0 Å². The highest BCUT2D eigenvalue weighted by atomic mass is 32.2. The lowest BCUT2D eigenvalue weighted by Gasteiger charge is -2.36. The molecule has 0 bridgehead atoms. The van der Waals surface area contributed by atoms with Gasteiger partial charge in [0.1, 0.15) is 11.8 Å². The number of aliphatic imine (C=N–C) groups is 1. The Bertz CT molecular complexity index is 601. The molecule has 1 aliphatic heterocycles. The predicted molar refractivity (Wildman–Crippen MR) is 86.1 cm³/mol. The number of nitrogens with zero attached hydrogens (tertiary/aromatic N) is 3. The molecule has 2 aliphatic rings. The Labute approximate surface area is 136 Å². The van der Waals surface area contributed by atoms with Gasteiger partial charge in [0.15, 0.2) is 10.9 Å². The standard InChI is InChI=1S/C15H22F3N3OS/c1-14(2)5-3-10(4-6-14)7-12(22)23-13(15(16,17)18)20-11-8-19-9-21(11)23/h8-10,12,22-23H,3-7H2,1-2H3. The number of halogens is 3. The van der Waals surface area contributed by atoms with Crippen LogP contribution in [0.4, 0.5) is 19.0 Å². The van der Waals surface area contributed by atoms with Gasteiger partial charge in [-0.2, -0.15) is 13.2 Å². The van der Waals surface area contributed by atoms with E-state index in [1.807, 2.05) is 0 Å². The van der Waals surface area contributed by atoms with E-state index in [0.29, 0.717) is 11.8 Å². The lowest BCUT2D eigenvalue weighted by atomic mass is 9.72. The highest BCUT2D eigenvalue weighted by Crippen LogP contribution is 2.51. The molecule has 1 aromatic rings. The van der Waals surface area contributed by atoms with Crippen LogP contribution in [0, 0.1) is 11.3 Å². The number of hydrogen-bond donors (Lipinski definition) is 2. The fourth-order valence-corrected chi connectivity index (χ4v) is 5.58. The third kappa shape index (κ3) is 3.42. The van der Waals surface area contributed by atoms with Crippen LogP contribution in [-0.2, 0) is 0 Å². The van der Waals surface area contributed by atoms with Gasteiger partial charge in [0.25, 0.3) is 0 Å². The summed E-state index contributed by atoms with van der Waals surface area (Å²) >= 11 is -1.95. The summed E-state index contributed by atoms with van der Waals surface area (Å²) < 4.78 is 41.1. The van der Waals surface area contributed by atoms with E-state index in [9.17, 15) is 18.3 Å². The van der Waals surface area contributed by atoms with E-state index >= 15 is 0 Å². The lowest BCUT2D eigenvalue weighted by molar-refractivity contribution is -0.0555. The Kier molecular flexibility index (Phi) is 4.25. The quantitative estimate of drug-likeness (QED) is 0.805. The summed E-state index contributed by atoms with van der Waals surface area (Å²) in [5, 5.41) is 9.68. The fourth-order valence-electron chi connectivity index (χ4n) is 3.36. The van der Waals surface area contributed by atoms with Gasteiger partial charge >= 0.3 is 6.18 Å². The summed E-state index contributed by atoms with van der Waals surface area (Å²) in [4.78, 5) is 7.51. The number of aliphatic hydroxyl groups excluding tert-OH is 1. The topological polar surface area (TPSA) is 50.4 Å². The van der Waals surface area contributed by atoms with Crippen molar-refractivity contribution >= 4 is 21.9 Å². The third-order valence-corrected chi connectivity index (χ3v) is 7.14. The summed E-state index contributed by atoms with van der Waals surface area (Å²) in [6.45, 7) is 4.43. The Morgan fingerprint density at radius 2 is 2.04 bits per heavy atom. The Hall–Kier alpha value is -1.02. The van der Waals surface area contributed by atoms with Crippen molar-refractivity contribution in [3.8, 4) is 0 Å². The maximum absolute atomic E-state index is 13.2. The van der Waals surface area contributed by atoms with Gasteiger partial charge in [-0.3, -0.25) is 3.97 Å². The number of aliphatic hydroxyl groups is 1. The maximum Gasteiger partial charge on any atom is 0.439 e. The van der Waals surface area contributed by atoms with Crippen molar-refractivity contribution in [3.63, 3.8) is 0 Å². The maximum atomic E-state index is 13.2. The Morgan fingerprint density at radius 1 is 1.39 bits per heavy atom. The van der Waals surface area contributed by atoms with Crippen molar-refractivity contribution in [1.29, 1.82) is 0 Å². The summed E-state index contributed by atoms with van der Waals surface area (Å²) in [7, 11) is 0. The molecule has 0 amide bonds. The molecule has 0 spiro atoms. The third-order valence-electron chi connectivity index (χ3n) is 4.81. The SMILES string of the molecule is CC1(C)CCC(CC(O)[SH]2C(C(F)(F)F)=Nc3cncn32)CC1. The molecule has 1 aromatic heterocycles. The summed E-state index contributed by atoms with van der Waals surface area (Å²) in [6.07, 6.45) is 2.57. The van der Waals surface area contributed by atoms with E-state index in [2.05, 4.69) is 23.8 Å². The van der Waals surface area contributed by atoms with Gasteiger partial charge in [-0.05, 0) is 43.4 Å². The van der Waals surface area contributed by atoms with Crippen molar-refractivity contribution in [2.24, 2.45) is 16.3 Å². The molecular formula is C15H22F3N3OS. The first-order valence-electron chi connectivity index (χ1n) is 7.83. The molecule has 0 saturated heterocycles. The zero-order chi connectivity index (χ0) is 16.8. The van der Waals surface area contributed by atoms with Crippen molar-refractivity contribution in [2.45, 2.75) is 57.6 Å². The number of hydrogen-bond acceptors (Lipinski definition) is 3. The van der Waals surface area contributed by atoms with Crippen LogP contribution in [0.15, 0.2) is 17.5 Å². The van der Waals surface area contributed by atoms with Crippen LogP contribution in [-0.4, -0.2) is 30.7 Å². The smallest absolute Gasteiger partial charge is 0.382 e. The highest BCUT2D eigenvalue weighted by Gasteiger charge is 2.46. The van der Waals surface area contributed by atoms with Crippen LogP contribution in [0.3, 0.4) is 0 Å². The largest absolute Gasteiger partial charge is 0.439 e. The minimum atomic E-state index is -4.51. The van der Waals surface area contributed by atoms with E-state index in [1.165, 1.54) is 16.5 Å². The van der Waals surface area contributed by atoms with Gasteiger partial charge in [-0.1, -0.05) is 24.9 Å². The number of aromatic nitrogens is 2. The first-order valence-corrected chi connectivity index (χ1v) is 9.19. The zero-order valence-corrected chi connectivity index (χ0v) is 14.1. The molecule has 2 heterocycles. The minimum Gasteiger partial charge on any atom is -0.382 e. The van der Waals surface area contributed by atoms with Crippen molar-refractivity contribution < 1.29 is 18.3 Å². The number of fused-ring (bicyclic) bond motifs is 1. The van der Waals surface area contributed by atoms with Gasteiger partial charge in [0, 0.05) is 0 Å². The predicted octanol–water partition coefficient (Wildman–Crippen LogP) is 4.18. The molecule has 8 heteroatoms. The molecular weight excluding hydrogens is 327 g/mol. The van der Waals surface area contributed by atoms with E-state index in [0.717, 1.165) is 25.7 Å². The van der Waals surface area contributed by atoms with Gasteiger partial charge in [-0.25, -0.2) is 9.98 Å². The van der Waals surface area contributed by atoms with E-state index < -0.39 is 27.7 Å². The summed E-state index contributed by atoms with van der Waals surface area (Å²) in [6, 6.07) is 0. The average Bonchev–Trinajstić information content (AvgIpc) is 3.00. The zero-order valence-electron chi connectivity index (χ0n) is 13.2. The normalized spacial score (nSPS) is 27.6.